The summed E-state index contributed by atoms with van der Waals surface area (Å²) >= 11 is 0. The van der Waals surface area contributed by atoms with Crippen LogP contribution in [0.1, 0.15) is 19.0 Å². The average molecular weight is 175 g/mol. The minimum atomic E-state index is 0.809. The Labute approximate surface area is 78.6 Å². The van der Waals surface area contributed by atoms with Crippen LogP contribution in [0.5, 0.6) is 0 Å². The Morgan fingerprint density at radius 2 is 2.23 bits per heavy atom. The molecule has 0 aliphatic rings. The molecule has 0 spiro atoms. The topological polar surface area (TPSA) is 37.8 Å². The summed E-state index contributed by atoms with van der Waals surface area (Å²) in [6.45, 7) is 4.57. The van der Waals surface area contributed by atoms with Gasteiger partial charge >= 0.3 is 0 Å². The molecule has 0 fully saturated rings. The normalized spacial score (nSPS) is 8.77. The summed E-state index contributed by atoms with van der Waals surface area (Å²) in [7, 11) is 0. The van der Waals surface area contributed by atoms with Crippen molar-refractivity contribution >= 4 is 5.82 Å². The zero-order chi connectivity index (χ0) is 9.52. The maximum atomic E-state index is 3.97. The van der Waals surface area contributed by atoms with Crippen molar-refractivity contribution in [2.75, 3.05) is 11.9 Å². The summed E-state index contributed by atoms with van der Waals surface area (Å²) in [4.78, 5) is 0. The SMILES string of the molecule is CC#CCCNc1ccc(C)nn1. The molecule has 1 N–H and O–H groups in total. The lowest BCUT2D eigenvalue weighted by Crippen LogP contribution is -2.03. The van der Waals surface area contributed by atoms with Gasteiger partial charge in [-0.2, -0.15) is 5.10 Å². The molecule has 3 nitrogen and oxygen atoms in total. The Bertz CT molecular complexity index is 305. The van der Waals surface area contributed by atoms with Crippen LogP contribution in [0.25, 0.3) is 0 Å². The second-order valence-electron chi connectivity index (χ2n) is 2.66. The molecule has 3 heteroatoms. The van der Waals surface area contributed by atoms with Gasteiger partial charge in [0.2, 0.25) is 0 Å². The summed E-state index contributed by atoms with van der Waals surface area (Å²) < 4.78 is 0. The van der Waals surface area contributed by atoms with Gasteiger partial charge in [0.05, 0.1) is 5.69 Å². The number of aromatic nitrogens is 2. The number of rotatable bonds is 3. The largest absolute Gasteiger partial charge is 0.368 e. The molecule has 0 amide bonds. The molecule has 0 saturated carbocycles. The molecule has 1 heterocycles. The van der Waals surface area contributed by atoms with Gasteiger partial charge in [-0.15, -0.1) is 16.9 Å². The van der Waals surface area contributed by atoms with Crippen LogP contribution in [-0.4, -0.2) is 16.7 Å². The fourth-order valence-electron chi connectivity index (χ4n) is 0.871. The van der Waals surface area contributed by atoms with E-state index < -0.39 is 0 Å². The molecule has 0 bridgehead atoms. The third-order valence-corrected chi connectivity index (χ3v) is 1.53. The third kappa shape index (κ3) is 3.57. The van der Waals surface area contributed by atoms with E-state index in [1.54, 1.807) is 0 Å². The van der Waals surface area contributed by atoms with E-state index in [-0.39, 0.29) is 0 Å². The van der Waals surface area contributed by atoms with Crippen LogP contribution in [0.2, 0.25) is 0 Å². The van der Waals surface area contributed by atoms with Gasteiger partial charge < -0.3 is 5.32 Å². The summed E-state index contributed by atoms with van der Waals surface area (Å²) in [5.41, 5.74) is 0.930. The van der Waals surface area contributed by atoms with Crippen molar-refractivity contribution in [2.45, 2.75) is 20.3 Å². The van der Waals surface area contributed by atoms with E-state index in [1.807, 2.05) is 26.0 Å². The molecular weight excluding hydrogens is 162 g/mol. The molecule has 0 aliphatic heterocycles. The van der Waals surface area contributed by atoms with Gasteiger partial charge in [-0.3, -0.25) is 0 Å². The minimum absolute atomic E-state index is 0.809. The second-order valence-corrected chi connectivity index (χ2v) is 2.66. The van der Waals surface area contributed by atoms with Crippen LogP contribution in [0.15, 0.2) is 12.1 Å². The van der Waals surface area contributed by atoms with Crippen LogP contribution in [0.4, 0.5) is 5.82 Å². The maximum Gasteiger partial charge on any atom is 0.148 e. The van der Waals surface area contributed by atoms with Crippen LogP contribution in [0, 0.1) is 18.8 Å². The molecule has 0 radical (unpaired) electrons. The average Bonchev–Trinajstić information content (AvgIpc) is 2.15. The quantitative estimate of drug-likeness (QED) is 0.560. The summed E-state index contributed by atoms with van der Waals surface area (Å²) in [5.74, 6) is 6.62. The molecule has 0 aliphatic carbocycles. The first-order valence-corrected chi connectivity index (χ1v) is 4.27. The molecule has 0 saturated heterocycles. The van der Waals surface area contributed by atoms with Gasteiger partial charge in [0.25, 0.3) is 0 Å². The highest BCUT2D eigenvalue weighted by Gasteiger charge is 1.91. The third-order valence-electron chi connectivity index (χ3n) is 1.53. The zero-order valence-electron chi connectivity index (χ0n) is 7.96. The second kappa shape index (κ2) is 5.15. The van der Waals surface area contributed by atoms with Crippen LogP contribution >= 0.6 is 0 Å². The number of nitrogens with one attached hydrogen (secondary N) is 1. The molecule has 0 atom stereocenters. The van der Waals surface area contributed by atoms with Gasteiger partial charge in [-0.25, -0.2) is 0 Å². The Balaban J connectivity index is 2.36. The van der Waals surface area contributed by atoms with Gasteiger partial charge in [0.15, 0.2) is 0 Å². The predicted molar refractivity (Wildman–Crippen MR) is 53.3 cm³/mol. The van der Waals surface area contributed by atoms with Crippen molar-refractivity contribution in [1.29, 1.82) is 0 Å². The van der Waals surface area contributed by atoms with E-state index >= 15 is 0 Å². The van der Waals surface area contributed by atoms with Crippen molar-refractivity contribution in [3.05, 3.63) is 17.8 Å². The number of nitrogens with zero attached hydrogens (tertiary/aromatic N) is 2. The molecule has 0 aromatic carbocycles. The minimum Gasteiger partial charge on any atom is -0.368 e. The Hall–Kier alpha value is -1.56. The van der Waals surface area contributed by atoms with Crippen molar-refractivity contribution in [3.63, 3.8) is 0 Å². The fourth-order valence-corrected chi connectivity index (χ4v) is 0.871. The first-order valence-electron chi connectivity index (χ1n) is 4.27. The van der Waals surface area contributed by atoms with Crippen LogP contribution in [0.3, 0.4) is 0 Å². The van der Waals surface area contributed by atoms with Crippen molar-refractivity contribution in [2.24, 2.45) is 0 Å². The summed E-state index contributed by atoms with van der Waals surface area (Å²) in [6.07, 6.45) is 0.839. The lowest BCUT2D eigenvalue weighted by atomic mass is 10.4. The summed E-state index contributed by atoms with van der Waals surface area (Å²) in [6, 6.07) is 3.85. The predicted octanol–water partition coefficient (Wildman–Crippen LogP) is 1.61. The molecule has 13 heavy (non-hydrogen) atoms. The number of hydrogen-bond donors (Lipinski definition) is 1. The lowest BCUT2D eigenvalue weighted by molar-refractivity contribution is 0.959. The van der Waals surface area contributed by atoms with Crippen molar-refractivity contribution < 1.29 is 0 Å². The number of hydrogen-bond acceptors (Lipinski definition) is 3. The first-order chi connectivity index (χ1) is 6.33. The summed E-state index contributed by atoms with van der Waals surface area (Å²) in [5, 5.41) is 11.0. The lowest BCUT2D eigenvalue weighted by Gasteiger charge is -2.00. The number of anilines is 1. The Kier molecular flexibility index (Phi) is 3.77. The zero-order valence-corrected chi connectivity index (χ0v) is 7.96. The Morgan fingerprint density at radius 1 is 1.38 bits per heavy atom. The van der Waals surface area contributed by atoms with E-state index in [0.717, 1.165) is 24.5 Å². The highest BCUT2D eigenvalue weighted by molar-refractivity contribution is 5.32. The molecular formula is C10H13N3. The molecule has 1 aromatic rings. The van der Waals surface area contributed by atoms with E-state index in [1.165, 1.54) is 0 Å². The maximum absolute atomic E-state index is 3.97. The Morgan fingerprint density at radius 3 is 2.85 bits per heavy atom. The van der Waals surface area contributed by atoms with E-state index in [0.29, 0.717) is 0 Å². The molecule has 0 unspecified atom stereocenters. The first kappa shape index (κ1) is 9.53. The molecule has 1 aromatic heterocycles. The van der Waals surface area contributed by atoms with Gasteiger partial charge in [0.1, 0.15) is 5.82 Å². The standard InChI is InChI=1S/C10H13N3/c1-3-4-5-8-11-10-7-6-9(2)12-13-10/h6-7H,5,8H2,1-2H3,(H,11,13). The van der Waals surface area contributed by atoms with Gasteiger partial charge in [0, 0.05) is 13.0 Å². The number of aryl methyl sites for hydroxylation is 1. The van der Waals surface area contributed by atoms with E-state index in [9.17, 15) is 0 Å². The van der Waals surface area contributed by atoms with Crippen molar-refractivity contribution in [3.8, 4) is 11.8 Å². The smallest absolute Gasteiger partial charge is 0.148 e. The monoisotopic (exact) mass is 175 g/mol. The van der Waals surface area contributed by atoms with Gasteiger partial charge in [-0.1, -0.05) is 0 Å². The fraction of sp³-hybridized carbons (Fsp3) is 0.400. The van der Waals surface area contributed by atoms with Crippen LogP contribution < -0.4 is 5.32 Å². The van der Waals surface area contributed by atoms with Crippen molar-refractivity contribution in [1.82, 2.24) is 10.2 Å². The van der Waals surface area contributed by atoms with Crippen LogP contribution in [-0.2, 0) is 0 Å². The van der Waals surface area contributed by atoms with E-state index in [2.05, 4.69) is 27.4 Å². The highest BCUT2D eigenvalue weighted by atomic mass is 15.2. The molecule has 1 rings (SSSR count). The molecule has 68 valence electrons. The highest BCUT2D eigenvalue weighted by Crippen LogP contribution is 2.00. The van der Waals surface area contributed by atoms with E-state index in [4.69, 9.17) is 0 Å². The van der Waals surface area contributed by atoms with Gasteiger partial charge in [-0.05, 0) is 26.0 Å².